The quantitative estimate of drug-likeness (QED) is 0.650. The van der Waals surface area contributed by atoms with E-state index in [1.54, 1.807) is 18.2 Å². The van der Waals surface area contributed by atoms with Gasteiger partial charge in [-0.3, -0.25) is 19.8 Å². The number of aliphatic carboxylic acids is 1. The summed E-state index contributed by atoms with van der Waals surface area (Å²) in [5, 5.41) is 20.6. The maximum atomic E-state index is 11.8. The van der Waals surface area contributed by atoms with Crippen molar-refractivity contribution in [2.75, 3.05) is 13.1 Å². The summed E-state index contributed by atoms with van der Waals surface area (Å²) in [6.45, 7) is 1.89. The molecule has 136 valence electrons. The number of rotatable bonds is 5. The van der Waals surface area contributed by atoms with E-state index >= 15 is 0 Å². The van der Waals surface area contributed by atoms with Crippen LogP contribution in [0.25, 0.3) is 11.3 Å². The van der Waals surface area contributed by atoms with Gasteiger partial charge in [0.2, 0.25) is 0 Å². The molecular formula is C19H20N2O5. The molecule has 0 spiro atoms. The van der Waals surface area contributed by atoms with Crippen molar-refractivity contribution in [3.8, 4) is 11.3 Å². The Balaban J connectivity index is 1.49. The second-order valence-corrected chi connectivity index (χ2v) is 7.29. The van der Waals surface area contributed by atoms with Crippen molar-refractivity contribution >= 4 is 11.7 Å². The molecule has 2 heterocycles. The number of fused-ring (bicyclic) bond motifs is 1. The minimum atomic E-state index is -0.681. The van der Waals surface area contributed by atoms with Crippen LogP contribution in [0.3, 0.4) is 0 Å². The van der Waals surface area contributed by atoms with E-state index in [2.05, 4.69) is 4.90 Å². The lowest BCUT2D eigenvalue weighted by Gasteiger charge is -2.23. The molecular weight excluding hydrogens is 336 g/mol. The van der Waals surface area contributed by atoms with Crippen molar-refractivity contribution in [1.29, 1.82) is 0 Å². The van der Waals surface area contributed by atoms with E-state index in [9.17, 15) is 20.0 Å². The smallest absolute Gasteiger partial charge is 0.311 e. The van der Waals surface area contributed by atoms with Gasteiger partial charge in [0, 0.05) is 30.8 Å². The first kappa shape index (κ1) is 16.8. The Labute approximate surface area is 150 Å². The Kier molecular flexibility index (Phi) is 4.03. The number of hydrogen-bond donors (Lipinski definition) is 1. The predicted molar refractivity (Wildman–Crippen MR) is 93.5 cm³/mol. The maximum Gasteiger partial charge on any atom is 0.311 e. The number of benzene rings is 1. The van der Waals surface area contributed by atoms with Crippen molar-refractivity contribution in [3.05, 3.63) is 52.3 Å². The van der Waals surface area contributed by atoms with Crippen LogP contribution in [-0.2, 0) is 11.3 Å². The van der Waals surface area contributed by atoms with Gasteiger partial charge in [-0.1, -0.05) is 18.6 Å². The average Bonchev–Trinajstić information content (AvgIpc) is 3.29. The van der Waals surface area contributed by atoms with E-state index in [4.69, 9.17) is 4.42 Å². The van der Waals surface area contributed by atoms with Crippen LogP contribution in [-0.4, -0.2) is 34.0 Å². The van der Waals surface area contributed by atoms with E-state index < -0.39 is 16.3 Å². The van der Waals surface area contributed by atoms with Crippen LogP contribution >= 0.6 is 0 Å². The normalized spacial score (nSPS) is 25.3. The topological polar surface area (TPSA) is 96.8 Å². The highest BCUT2D eigenvalue weighted by Gasteiger charge is 2.54. The molecule has 1 aliphatic heterocycles. The third kappa shape index (κ3) is 2.78. The molecule has 1 saturated carbocycles. The fourth-order valence-corrected chi connectivity index (χ4v) is 4.47. The van der Waals surface area contributed by atoms with Crippen molar-refractivity contribution in [3.63, 3.8) is 0 Å². The van der Waals surface area contributed by atoms with E-state index in [1.807, 2.05) is 6.07 Å². The monoisotopic (exact) mass is 356 g/mol. The fourth-order valence-electron chi connectivity index (χ4n) is 4.47. The minimum Gasteiger partial charge on any atom is -0.481 e. The van der Waals surface area contributed by atoms with Gasteiger partial charge in [0.15, 0.2) is 0 Å². The number of hydrogen-bond acceptors (Lipinski definition) is 5. The van der Waals surface area contributed by atoms with Crippen LogP contribution in [0.4, 0.5) is 5.69 Å². The van der Waals surface area contributed by atoms with Crippen molar-refractivity contribution in [2.24, 2.45) is 11.3 Å². The summed E-state index contributed by atoms with van der Waals surface area (Å²) < 4.78 is 5.87. The Hall–Kier alpha value is -2.67. The lowest BCUT2D eigenvalue weighted by molar-refractivity contribution is -0.384. The molecule has 1 aromatic carbocycles. The summed E-state index contributed by atoms with van der Waals surface area (Å²) in [7, 11) is 0. The Morgan fingerprint density at radius 3 is 2.96 bits per heavy atom. The fraction of sp³-hybridized carbons (Fsp3) is 0.421. The van der Waals surface area contributed by atoms with Gasteiger partial charge < -0.3 is 9.52 Å². The van der Waals surface area contributed by atoms with Gasteiger partial charge >= 0.3 is 5.97 Å². The second kappa shape index (κ2) is 6.25. The highest BCUT2D eigenvalue weighted by molar-refractivity contribution is 5.76. The van der Waals surface area contributed by atoms with Crippen molar-refractivity contribution in [2.45, 2.75) is 25.8 Å². The van der Waals surface area contributed by atoms with Crippen LogP contribution in [0.2, 0.25) is 0 Å². The largest absolute Gasteiger partial charge is 0.481 e. The SMILES string of the molecule is O=C(O)[C@@]12CCC[C@H]1CN(Cc1ccc(-c3cccc([N+](=O)[O-])c3)o1)C2. The van der Waals surface area contributed by atoms with Crippen LogP contribution in [0.1, 0.15) is 25.0 Å². The Morgan fingerprint density at radius 1 is 1.38 bits per heavy atom. The summed E-state index contributed by atoms with van der Waals surface area (Å²) in [5.41, 5.74) is 0.0807. The van der Waals surface area contributed by atoms with Crippen LogP contribution in [0.5, 0.6) is 0 Å². The first-order valence-corrected chi connectivity index (χ1v) is 8.77. The lowest BCUT2D eigenvalue weighted by atomic mass is 9.81. The summed E-state index contributed by atoms with van der Waals surface area (Å²) in [5.74, 6) is 0.855. The van der Waals surface area contributed by atoms with Gasteiger partial charge in [0.1, 0.15) is 11.5 Å². The van der Waals surface area contributed by atoms with E-state index in [0.29, 0.717) is 24.4 Å². The molecule has 2 aliphatic rings. The number of carbonyl (C=O) groups is 1. The lowest BCUT2D eigenvalue weighted by Crippen LogP contribution is -2.35. The number of non-ortho nitro benzene ring substituents is 1. The Morgan fingerprint density at radius 2 is 2.23 bits per heavy atom. The van der Waals surface area contributed by atoms with Crippen molar-refractivity contribution in [1.82, 2.24) is 4.90 Å². The zero-order valence-electron chi connectivity index (χ0n) is 14.3. The van der Waals surface area contributed by atoms with Gasteiger partial charge in [-0.2, -0.15) is 0 Å². The zero-order valence-corrected chi connectivity index (χ0v) is 14.3. The summed E-state index contributed by atoms with van der Waals surface area (Å²) in [6, 6.07) is 10.0. The number of furan rings is 1. The number of nitro groups is 1. The van der Waals surface area contributed by atoms with Gasteiger partial charge in [0.05, 0.1) is 16.9 Å². The number of carboxylic acids is 1. The van der Waals surface area contributed by atoms with Crippen LogP contribution in [0.15, 0.2) is 40.8 Å². The van der Waals surface area contributed by atoms with Crippen molar-refractivity contribution < 1.29 is 19.2 Å². The molecule has 2 aromatic rings. The summed E-state index contributed by atoms with van der Waals surface area (Å²) in [6.07, 6.45) is 2.71. The summed E-state index contributed by atoms with van der Waals surface area (Å²) in [4.78, 5) is 24.4. The zero-order chi connectivity index (χ0) is 18.3. The van der Waals surface area contributed by atoms with Crippen LogP contribution < -0.4 is 0 Å². The molecule has 1 aliphatic carbocycles. The summed E-state index contributed by atoms with van der Waals surface area (Å²) >= 11 is 0. The molecule has 7 heteroatoms. The molecule has 1 saturated heterocycles. The molecule has 7 nitrogen and oxygen atoms in total. The molecule has 2 atom stereocenters. The third-order valence-electron chi connectivity index (χ3n) is 5.75. The number of likely N-dealkylation sites (tertiary alicyclic amines) is 1. The number of nitro benzene ring substituents is 1. The standard InChI is InChI=1S/C19H20N2O5/c22-18(23)19-8-2-4-14(19)10-20(12-19)11-16-6-7-17(26-16)13-3-1-5-15(9-13)21(24)25/h1,3,5-7,9,14H,2,4,8,10-12H2,(H,22,23)/t14-,19+/m0/s1. The molecule has 0 unspecified atom stereocenters. The van der Waals surface area contributed by atoms with Gasteiger partial charge in [-0.15, -0.1) is 0 Å². The molecule has 0 amide bonds. The van der Waals surface area contributed by atoms with Crippen LogP contribution in [0, 0.1) is 21.4 Å². The second-order valence-electron chi connectivity index (χ2n) is 7.29. The molecule has 0 radical (unpaired) electrons. The molecule has 1 aromatic heterocycles. The maximum absolute atomic E-state index is 11.8. The number of nitrogens with zero attached hydrogens (tertiary/aromatic N) is 2. The van der Waals surface area contributed by atoms with E-state index in [1.165, 1.54) is 12.1 Å². The van der Waals surface area contributed by atoms with Gasteiger partial charge in [-0.05, 0) is 30.9 Å². The minimum absolute atomic E-state index is 0.0243. The number of carboxylic acid groups (broad SMARTS) is 1. The highest BCUT2D eigenvalue weighted by atomic mass is 16.6. The molecule has 26 heavy (non-hydrogen) atoms. The van der Waals surface area contributed by atoms with Gasteiger partial charge in [-0.25, -0.2) is 0 Å². The first-order chi connectivity index (χ1) is 12.5. The molecule has 4 rings (SSSR count). The molecule has 0 bridgehead atoms. The van der Waals surface area contributed by atoms with E-state index in [-0.39, 0.29) is 11.6 Å². The first-order valence-electron chi connectivity index (χ1n) is 8.77. The third-order valence-corrected chi connectivity index (χ3v) is 5.75. The Bertz CT molecular complexity index is 861. The van der Waals surface area contributed by atoms with E-state index in [0.717, 1.165) is 31.6 Å². The predicted octanol–water partition coefficient (Wildman–Crippen LogP) is 3.54. The average molecular weight is 356 g/mol. The molecule has 2 fully saturated rings. The van der Waals surface area contributed by atoms with Gasteiger partial charge in [0.25, 0.3) is 5.69 Å². The molecule has 1 N–H and O–H groups in total. The highest BCUT2D eigenvalue weighted by Crippen LogP contribution is 2.49.